The number of nitrogens with zero attached hydrogens (tertiary/aromatic N) is 2. The minimum absolute atomic E-state index is 0.0998. The lowest BCUT2D eigenvalue weighted by molar-refractivity contribution is -0.189. The SMILES string of the molecule is COc1c(S(C)(=O)=O)ccc(OC(C)C(F)(F)F)c1C(=O)N1CC(c2ncc(C(F)(F)F)cc2Cl)C1. The Hall–Kier alpha value is -2.74. The highest BCUT2D eigenvalue weighted by atomic mass is 35.5. The van der Waals surface area contributed by atoms with E-state index < -0.39 is 67.6 Å². The van der Waals surface area contributed by atoms with E-state index in [9.17, 15) is 39.6 Å². The number of ether oxygens (including phenoxy) is 2. The summed E-state index contributed by atoms with van der Waals surface area (Å²) >= 11 is 5.95. The number of amides is 1. The average Bonchev–Trinajstić information content (AvgIpc) is 2.70. The summed E-state index contributed by atoms with van der Waals surface area (Å²) in [7, 11) is -2.91. The zero-order valence-electron chi connectivity index (χ0n) is 18.9. The van der Waals surface area contributed by atoms with Crippen molar-refractivity contribution >= 4 is 27.3 Å². The number of hydrogen-bond acceptors (Lipinski definition) is 6. The molecule has 0 saturated carbocycles. The first-order valence-corrected chi connectivity index (χ1v) is 12.4. The van der Waals surface area contributed by atoms with Crippen LogP contribution in [0.3, 0.4) is 0 Å². The van der Waals surface area contributed by atoms with Crippen LogP contribution in [0.1, 0.15) is 34.5 Å². The van der Waals surface area contributed by atoms with Crippen molar-refractivity contribution in [2.75, 3.05) is 26.5 Å². The van der Waals surface area contributed by atoms with Crippen LogP contribution >= 0.6 is 11.6 Å². The van der Waals surface area contributed by atoms with E-state index in [0.29, 0.717) is 19.2 Å². The van der Waals surface area contributed by atoms with Gasteiger partial charge in [-0.2, -0.15) is 26.3 Å². The zero-order valence-corrected chi connectivity index (χ0v) is 20.4. The molecule has 0 radical (unpaired) electrons. The predicted octanol–water partition coefficient (Wildman–Crippen LogP) is 4.74. The maximum Gasteiger partial charge on any atom is 0.425 e. The van der Waals surface area contributed by atoms with Gasteiger partial charge in [-0.25, -0.2) is 8.42 Å². The molecule has 36 heavy (non-hydrogen) atoms. The second-order valence-corrected chi connectivity index (χ2v) is 10.4. The molecule has 2 aromatic rings. The van der Waals surface area contributed by atoms with E-state index in [0.717, 1.165) is 30.4 Å². The van der Waals surface area contributed by atoms with Gasteiger partial charge in [-0.3, -0.25) is 9.78 Å². The van der Waals surface area contributed by atoms with Crippen molar-refractivity contribution in [3.8, 4) is 11.5 Å². The van der Waals surface area contributed by atoms with Crippen molar-refractivity contribution in [1.82, 2.24) is 9.88 Å². The molecule has 1 aromatic heterocycles. The molecule has 1 saturated heterocycles. The number of halogens is 7. The molecule has 2 heterocycles. The van der Waals surface area contributed by atoms with Gasteiger partial charge in [0.1, 0.15) is 16.2 Å². The van der Waals surface area contributed by atoms with E-state index in [1.165, 1.54) is 0 Å². The molecule has 0 spiro atoms. The van der Waals surface area contributed by atoms with Crippen LogP contribution < -0.4 is 9.47 Å². The topological polar surface area (TPSA) is 85.8 Å². The van der Waals surface area contributed by atoms with Crippen molar-refractivity contribution in [3.05, 3.63) is 46.2 Å². The minimum atomic E-state index is -4.78. The number of carbonyl (C=O) groups excluding carboxylic acids is 1. The minimum Gasteiger partial charge on any atom is -0.494 e. The number of rotatable bonds is 6. The van der Waals surface area contributed by atoms with Crippen molar-refractivity contribution in [2.24, 2.45) is 0 Å². The van der Waals surface area contributed by atoms with Crippen molar-refractivity contribution in [3.63, 3.8) is 0 Å². The predicted molar refractivity (Wildman–Crippen MR) is 115 cm³/mol. The second-order valence-electron chi connectivity index (χ2n) is 8.04. The highest BCUT2D eigenvalue weighted by molar-refractivity contribution is 7.90. The number of pyridine rings is 1. The molecule has 1 fully saturated rings. The van der Waals surface area contributed by atoms with Crippen LogP contribution in [-0.2, 0) is 16.0 Å². The van der Waals surface area contributed by atoms with E-state index in [1.807, 2.05) is 0 Å². The molecular weight excluding hydrogens is 542 g/mol. The molecule has 0 aliphatic carbocycles. The van der Waals surface area contributed by atoms with Gasteiger partial charge in [-0.05, 0) is 25.1 Å². The molecular formula is C21H19ClF6N2O5S. The van der Waals surface area contributed by atoms with Crippen LogP contribution in [0.25, 0.3) is 0 Å². The molecule has 0 N–H and O–H groups in total. The fourth-order valence-electron chi connectivity index (χ4n) is 3.48. The first kappa shape index (κ1) is 27.8. The Labute approximate surface area is 206 Å². The number of methoxy groups -OCH3 is 1. The van der Waals surface area contributed by atoms with Gasteiger partial charge in [0.25, 0.3) is 5.91 Å². The number of hydrogen-bond donors (Lipinski definition) is 0. The van der Waals surface area contributed by atoms with Crippen LogP contribution in [0, 0.1) is 0 Å². The van der Waals surface area contributed by atoms with Gasteiger partial charge in [-0.15, -0.1) is 0 Å². The van der Waals surface area contributed by atoms with Gasteiger partial charge in [-0.1, -0.05) is 11.6 Å². The zero-order chi connectivity index (χ0) is 27.2. The number of sulfone groups is 1. The maximum absolute atomic E-state index is 13.3. The Morgan fingerprint density at radius 3 is 2.28 bits per heavy atom. The van der Waals surface area contributed by atoms with E-state index in [1.54, 1.807) is 0 Å². The third-order valence-electron chi connectivity index (χ3n) is 5.42. The van der Waals surface area contributed by atoms with Crippen LogP contribution in [0.15, 0.2) is 29.3 Å². The Morgan fingerprint density at radius 2 is 1.81 bits per heavy atom. The highest BCUT2D eigenvalue weighted by Crippen LogP contribution is 2.41. The van der Waals surface area contributed by atoms with Gasteiger partial charge in [0.05, 0.1) is 23.4 Å². The molecule has 1 aliphatic heterocycles. The summed E-state index contributed by atoms with van der Waals surface area (Å²) in [5, 5.41) is -0.262. The molecule has 0 bridgehead atoms. The maximum atomic E-state index is 13.3. The lowest BCUT2D eigenvalue weighted by atomic mass is 9.94. The third kappa shape index (κ3) is 5.64. The monoisotopic (exact) mass is 560 g/mol. The third-order valence-corrected chi connectivity index (χ3v) is 6.84. The molecule has 3 rings (SSSR count). The second kappa shape index (κ2) is 9.61. The van der Waals surface area contributed by atoms with Crippen molar-refractivity contribution < 1.29 is 49.0 Å². The molecule has 1 unspecified atom stereocenters. The van der Waals surface area contributed by atoms with Crippen LogP contribution in [0.5, 0.6) is 11.5 Å². The molecule has 7 nitrogen and oxygen atoms in total. The highest BCUT2D eigenvalue weighted by Gasteiger charge is 2.42. The fraction of sp³-hybridized carbons (Fsp3) is 0.429. The Morgan fingerprint density at radius 1 is 1.19 bits per heavy atom. The first-order valence-electron chi connectivity index (χ1n) is 10.1. The summed E-state index contributed by atoms with van der Waals surface area (Å²) in [6.07, 6.45) is -10.3. The number of benzene rings is 1. The number of carbonyl (C=O) groups is 1. The summed E-state index contributed by atoms with van der Waals surface area (Å²) in [6.45, 7) is 0.512. The first-order chi connectivity index (χ1) is 16.4. The van der Waals surface area contributed by atoms with Gasteiger partial charge >= 0.3 is 12.4 Å². The van der Waals surface area contributed by atoms with Gasteiger partial charge in [0.15, 0.2) is 21.7 Å². The smallest absolute Gasteiger partial charge is 0.425 e. The van der Waals surface area contributed by atoms with Gasteiger partial charge < -0.3 is 14.4 Å². The average molecular weight is 561 g/mol. The summed E-state index contributed by atoms with van der Waals surface area (Å²) < 4.78 is 112. The van der Waals surface area contributed by atoms with Crippen LogP contribution in [0.2, 0.25) is 5.02 Å². The van der Waals surface area contributed by atoms with Crippen LogP contribution in [0.4, 0.5) is 26.3 Å². The summed E-state index contributed by atoms with van der Waals surface area (Å²) in [6, 6.07) is 2.60. The van der Waals surface area contributed by atoms with E-state index in [2.05, 4.69) is 4.98 Å². The standard InChI is InChI=1S/C21H19ClF6N2O5S/c1-10(20(23,24)25)35-14-4-5-15(36(3,32)33)18(34-2)16(14)19(31)30-8-11(9-30)17-13(22)6-12(7-29-17)21(26,27)28/h4-7,10-11H,8-9H2,1-3H3. The number of likely N-dealkylation sites (tertiary alicyclic amines) is 1. The van der Waals surface area contributed by atoms with Gasteiger partial charge in [0, 0.05) is 31.5 Å². The Bertz CT molecular complexity index is 1280. The molecule has 15 heteroatoms. The van der Waals surface area contributed by atoms with E-state index in [4.69, 9.17) is 21.1 Å². The van der Waals surface area contributed by atoms with Crippen molar-refractivity contribution in [2.45, 2.75) is 36.2 Å². The quantitative estimate of drug-likeness (QED) is 0.475. The van der Waals surface area contributed by atoms with E-state index >= 15 is 0 Å². The lowest BCUT2D eigenvalue weighted by Crippen LogP contribution is -2.49. The molecule has 1 atom stereocenters. The molecule has 1 amide bonds. The Kier molecular flexibility index (Phi) is 7.44. The lowest BCUT2D eigenvalue weighted by Gasteiger charge is -2.39. The fourth-order valence-corrected chi connectivity index (χ4v) is 4.64. The molecule has 1 aliphatic rings. The molecule has 198 valence electrons. The normalized spacial score (nSPS) is 15.9. The Balaban J connectivity index is 1.94. The van der Waals surface area contributed by atoms with Crippen molar-refractivity contribution in [1.29, 1.82) is 0 Å². The largest absolute Gasteiger partial charge is 0.494 e. The summed E-state index contributed by atoms with van der Waals surface area (Å²) in [4.78, 5) is 17.7. The number of aromatic nitrogens is 1. The summed E-state index contributed by atoms with van der Waals surface area (Å²) in [5.41, 5.74) is -1.49. The number of alkyl halides is 6. The van der Waals surface area contributed by atoms with Crippen LogP contribution in [-0.4, -0.2) is 62.9 Å². The van der Waals surface area contributed by atoms with E-state index in [-0.39, 0.29) is 23.8 Å². The molecule has 1 aromatic carbocycles. The summed E-state index contributed by atoms with van der Waals surface area (Å²) in [5.74, 6) is -2.51. The van der Waals surface area contributed by atoms with Gasteiger partial charge in [0.2, 0.25) is 0 Å².